The van der Waals surface area contributed by atoms with Crippen molar-refractivity contribution in [1.29, 1.82) is 0 Å². The van der Waals surface area contributed by atoms with Crippen molar-refractivity contribution < 1.29 is 19.1 Å². The lowest BCUT2D eigenvalue weighted by Gasteiger charge is -2.33. The molecule has 1 heterocycles. The van der Waals surface area contributed by atoms with Crippen LogP contribution in [0.3, 0.4) is 0 Å². The molecule has 0 atom stereocenters. The summed E-state index contributed by atoms with van der Waals surface area (Å²) < 4.78 is 6.55. The topological polar surface area (TPSA) is 66.9 Å². The molecule has 4 amide bonds. The van der Waals surface area contributed by atoms with E-state index in [-0.39, 0.29) is 5.57 Å². The number of barbiturate groups is 1. The van der Waals surface area contributed by atoms with Crippen LogP contribution >= 0.6 is 27.5 Å². The molecular formula is C30H20BrClN2O4. The van der Waals surface area contributed by atoms with Crippen LogP contribution in [0.1, 0.15) is 11.1 Å². The number of anilines is 2. The molecule has 0 N–H and O–H groups in total. The summed E-state index contributed by atoms with van der Waals surface area (Å²) in [4.78, 5) is 42.4. The first-order valence-corrected chi connectivity index (χ1v) is 12.8. The van der Waals surface area contributed by atoms with Gasteiger partial charge in [-0.1, -0.05) is 66.2 Å². The van der Waals surface area contributed by atoms with E-state index in [4.69, 9.17) is 16.3 Å². The number of halogens is 2. The number of ether oxygens (including phenoxy) is 1. The highest BCUT2D eigenvalue weighted by Crippen LogP contribution is 2.32. The maximum atomic E-state index is 13.5. The number of imide groups is 2. The van der Waals surface area contributed by atoms with Crippen molar-refractivity contribution in [2.45, 2.75) is 6.61 Å². The van der Waals surface area contributed by atoms with Crippen LogP contribution in [0.2, 0.25) is 5.02 Å². The first-order chi connectivity index (χ1) is 18.4. The van der Waals surface area contributed by atoms with E-state index in [0.29, 0.717) is 38.8 Å². The number of para-hydroxylation sites is 2. The average molecular weight is 588 g/mol. The summed E-state index contributed by atoms with van der Waals surface area (Å²) in [6, 6.07) is 28.9. The van der Waals surface area contributed by atoms with E-state index >= 15 is 0 Å². The van der Waals surface area contributed by atoms with Crippen LogP contribution in [0.15, 0.2) is 113 Å². The fourth-order valence-corrected chi connectivity index (χ4v) is 4.74. The molecule has 8 heteroatoms. The smallest absolute Gasteiger partial charge is 0.343 e. The van der Waals surface area contributed by atoms with Gasteiger partial charge in [-0.25, -0.2) is 14.6 Å². The lowest BCUT2D eigenvalue weighted by Crippen LogP contribution is -2.57. The number of urea groups is 1. The minimum atomic E-state index is -0.736. The van der Waals surface area contributed by atoms with E-state index in [1.807, 2.05) is 18.2 Å². The van der Waals surface area contributed by atoms with E-state index < -0.39 is 17.8 Å². The Hall–Kier alpha value is -4.20. The number of amides is 4. The van der Waals surface area contributed by atoms with Gasteiger partial charge in [0.15, 0.2) is 0 Å². The van der Waals surface area contributed by atoms with E-state index in [9.17, 15) is 14.4 Å². The third-order valence-electron chi connectivity index (χ3n) is 5.83. The molecule has 1 saturated heterocycles. The van der Waals surface area contributed by atoms with Gasteiger partial charge in [-0.2, -0.15) is 0 Å². The lowest BCUT2D eigenvalue weighted by atomic mass is 10.0. The van der Waals surface area contributed by atoms with Crippen molar-refractivity contribution in [1.82, 2.24) is 0 Å². The quantitative estimate of drug-likeness (QED) is 0.176. The number of carbonyl (C=O) groups excluding carboxylic acids is 3. The van der Waals surface area contributed by atoms with Crippen LogP contribution in [0, 0.1) is 0 Å². The summed E-state index contributed by atoms with van der Waals surface area (Å²) in [5.41, 5.74) is 2.09. The Morgan fingerprint density at radius 2 is 1.34 bits per heavy atom. The Morgan fingerprint density at radius 1 is 0.737 bits per heavy atom. The monoisotopic (exact) mass is 586 g/mol. The van der Waals surface area contributed by atoms with Gasteiger partial charge in [0.1, 0.15) is 17.9 Å². The molecule has 1 aliphatic heterocycles. The second-order valence-electron chi connectivity index (χ2n) is 8.40. The molecule has 0 unspecified atom stereocenters. The van der Waals surface area contributed by atoms with E-state index in [2.05, 4.69) is 15.9 Å². The third-order valence-corrected chi connectivity index (χ3v) is 6.68. The Kier molecular flexibility index (Phi) is 7.40. The van der Waals surface area contributed by atoms with Crippen LogP contribution in [0.25, 0.3) is 6.08 Å². The molecule has 0 radical (unpaired) electrons. The zero-order valence-corrected chi connectivity index (χ0v) is 22.2. The lowest BCUT2D eigenvalue weighted by molar-refractivity contribution is -0.121. The standard InChI is InChI=1S/C30H20BrClN2O4/c31-26-18-20(14-15-27(26)38-19-21-8-7-9-22(32)16-21)17-25-28(35)33(23-10-3-1-4-11-23)30(37)34(29(25)36)24-12-5-2-6-13-24/h1-18H,19H2. The minimum Gasteiger partial charge on any atom is -0.488 e. The van der Waals surface area contributed by atoms with Gasteiger partial charge in [-0.05, 0) is 81.7 Å². The largest absolute Gasteiger partial charge is 0.488 e. The summed E-state index contributed by atoms with van der Waals surface area (Å²) in [5.74, 6) is -0.813. The molecular weight excluding hydrogens is 568 g/mol. The van der Waals surface area contributed by atoms with E-state index in [1.165, 1.54) is 6.08 Å². The van der Waals surface area contributed by atoms with Crippen molar-refractivity contribution in [3.05, 3.63) is 129 Å². The fourth-order valence-electron chi connectivity index (χ4n) is 4.02. The van der Waals surface area contributed by atoms with Crippen LogP contribution in [0.4, 0.5) is 16.2 Å². The maximum absolute atomic E-state index is 13.5. The van der Waals surface area contributed by atoms with Crippen LogP contribution in [-0.4, -0.2) is 17.8 Å². The molecule has 0 saturated carbocycles. The molecule has 38 heavy (non-hydrogen) atoms. The highest BCUT2D eigenvalue weighted by molar-refractivity contribution is 9.10. The fraction of sp³-hybridized carbons (Fsp3) is 0.0333. The first kappa shape index (κ1) is 25.4. The van der Waals surface area contributed by atoms with Gasteiger partial charge in [0.2, 0.25) is 0 Å². The van der Waals surface area contributed by atoms with Gasteiger partial charge >= 0.3 is 6.03 Å². The molecule has 188 valence electrons. The predicted molar refractivity (Wildman–Crippen MR) is 151 cm³/mol. The van der Waals surface area contributed by atoms with Crippen LogP contribution < -0.4 is 14.5 Å². The predicted octanol–water partition coefficient (Wildman–Crippen LogP) is 7.26. The summed E-state index contributed by atoms with van der Waals surface area (Å²) in [7, 11) is 0. The number of nitrogens with zero attached hydrogens (tertiary/aromatic N) is 2. The number of benzene rings is 4. The Bertz CT molecular complexity index is 1490. The second-order valence-corrected chi connectivity index (χ2v) is 9.69. The molecule has 0 spiro atoms. The molecule has 1 fully saturated rings. The van der Waals surface area contributed by atoms with Crippen LogP contribution in [-0.2, 0) is 16.2 Å². The molecule has 4 aromatic carbocycles. The number of carbonyl (C=O) groups is 3. The van der Waals surface area contributed by atoms with Gasteiger partial charge in [-0.3, -0.25) is 9.59 Å². The van der Waals surface area contributed by atoms with Gasteiger partial charge in [0.25, 0.3) is 11.8 Å². The zero-order valence-electron chi connectivity index (χ0n) is 19.9. The molecule has 0 bridgehead atoms. The second kappa shape index (κ2) is 11.0. The van der Waals surface area contributed by atoms with E-state index in [0.717, 1.165) is 15.4 Å². The van der Waals surface area contributed by atoms with E-state index in [1.54, 1.807) is 84.9 Å². The Balaban J connectivity index is 1.48. The number of rotatable bonds is 6. The third kappa shape index (κ3) is 5.25. The molecule has 1 aliphatic rings. The first-order valence-electron chi connectivity index (χ1n) is 11.6. The summed E-state index contributed by atoms with van der Waals surface area (Å²) >= 11 is 9.56. The van der Waals surface area contributed by atoms with Crippen molar-refractivity contribution in [3.8, 4) is 5.75 Å². The molecule has 6 nitrogen and oxygen atoms in total. The van der Waals surface area contributed by atoms with Crippen molar-refractivity contribution >= 4 is 62.8 Å². The molecule has 5 rings (SSSR count). The van der Waals surface area contributed by atoms with Crippen molar-refractivity contribution in [3.63, 3.8) is 0 Å². The molecule has 0 aromatic heterocycles. The highest BCUT2D eigenvalue weighted by Gasteiger charge is 2.43. The SMILES string of the molecule is O=C1C(=Cc2ccc(OCc3cccc(Cl)c3)c(Br)c2)C(=O)N(c2ccccc2)C(=O)N1c1ccccc1. The average Bonchev–Trinajstić information content (AvgIpc) is 2.92. The Morgan fingerprint density at radius 3 is 1.89 bits per heavy atom. The molecule has 0 aliphatic carbocycles. The summed E-state index contributed by atoms with van der Waals surface area (Å²) in [6.07, 6.45) is 1.48. The van der Waals surface area contributed by atoms with Crippen molar-refractivity contribution in [2.75, 3.05) is 9.80 Å². The summed E-state index contributed by atoms with van der Waals surface area (Å²) in [5, 5.41) is 0.626. The minimum absolute atomic E-state index is 0.142. The van der Waals surface area contributed by atoms with Gasteiger partial charge in [0, 0.05) is 5.02 Å². The van der Waals surface area contributed by atoms with Crippen molar-refractivity contribution in [2.24, 2.45) is 0 Å². The maximum Gasteiger partial charge on any atom is 0.343 e. The number of hydrogen-bond acceptors (Lipinski definition) is 4. The summed E-state index contributed by atoms with van der Waals surface area (Å²) in [6.45, 7) is 0.316. The zero-order chi connectivity index (χ0) is 26.6. The van der Waals surface area contributed by atoms with Crippen LogP contribution in [0.5, 0.6) is 5.75 Å². The normalized spacial score (nSPS) is 13.6. The highest BCUT2D eigenvalue weighted by atomic mass is 79.9. The van der Waals surface area contributed by atoms with Gasteiger partial charge in [-0.15, -0.1) is 0 Å². The Labute approximate surface area is 232 Å². The van der Waals surface area contributed by atoms with Gasteiger partial charge in [0.05, 0.1) is 15.8 Å². The number of hydrogen-bond donors (Lipinski definition) is 0. The molecule has 4 aromatic rings. The van der Waals surface area contributed by atoms with Gasteiger partial charge < -0.3 is 4.74 Å².